The monoisotopic (exact) mass is 205 g/mol. The maximum Gasteiger partial charge on any atom is 0.313 e. The van der Waals surface area contributed by atoms with Gasteiger partial charge in [0.1, 0.15) is 6.61 Å². The highest BCUT2D eigenvalue weighted by Gasteiger charge is 2.50. The second-order valence-electron chi connectivity index (χ2n) is 4.05. The molecule has 0 aliphatic heterocycles. The van der Waals surface area contributed by atoms with Gasteiger partial charge >= 0.3 is 5.97 Å². The topological polar surface area (TPSA) is 52.3 Å². The van der Waals surface area contributed by atoms with Crippen molar-refractivity contribution in [2.75, 3.05) is 6.54 Å². The number of hydrogen-bond donors (Lipinski definition) is 1. The fourth-order valence-corrected chi connectivity index (χ4v) is 1.52. The standard InChI is InChI=1S/C12H15NO2/c13-9-12(6-7-12)11(14)15-8-10-4-2-1-3-5-10/h1-5H,6-9,13H2. The lowest BCUT2D eigenvalue weighted by Crippen LogP contribution is -2.27. The molecule has 0 unspecified atom stereocenters. The van der Waals surface area contributed by atoms with Crippen LogP contribution in [0.25, 0.3) is 0 Å². The number of carbonyl (C=O) groups excluding carboxylic acids is 1. The third kappa shape index (κ3) is 2.18. The highest BCUT2D eigenvalue weighted by Crippen LogP contribution is 2.45. The van der Waals surface area contributed by atoms with Crippen LogP contribution in [-0.4, -0.2) is 12.5 Å². The molecule has 0 heterocycles. The molecule has 0 aromatic heterocycles. The van der Waals surface area contributed by atoms with E-state index in [0.29, 0.717) is 13.2 Å². The molecule has 0 amide bonds. The first-order valence-corrected chi connectivity index (χ1v) is 5.18. The Morgan fingerprint density at radius 1 is 1.33 bits per heavy atom. The van der Waals surface area contributed by atoms with Crippen LogP contribution in [0.2, 0.25) is 0 Å². The van der Waals surface area contributed by atoms with Gasteiger partial charge in [0.15, 0.2) is 0 Å². The average molecular weight is 205 g/mol. The first-order valence-electron chi connectivity index (χ1n) is 5.18. The van der Waals surface area contributed by atoms with Crippen molar-refractivity contribution in [3.8, 4) is 0 Å². The smallest absolute Gasteiger partial charge is 0.313 e. The van der Waals surface area contributed by atoms with E-state index in [2.05, 4.69) is 0 Å². The number of rotatable bonds is 4. The lowest BCUT2D eigenvalue weighted by atomic mass is 10.1. The Bertz CT molecular complexity index is 344. The van der Waals surface area contributed by atoms with Gasteiger partial charge in [0, 0.05) is 6.54 Å². The lowest BCUT2D eigenvalue weighted by molar-refractivity contribution is -0.151. The van der Waals surface area contributed by atoms with E-state index in [1.165, 1.54) is 0 Å². The average Bonchev–Trinajstić information content (AvgIpc) is 3.08. The maximum atomic E-state index is 11.6. The first kappa shape index (κ1) is 10.2. The van der Waals surface area contributed by atoms with Crippen molar-refractivity contribution < 1.29 is 9.53 Å². The summed E-state index contributed by atoms with van der Waals surface area (Å²) in [6.07, 6.45) is 1.74. The van der Waals surface area contributed by atoms with E-state index >= 15 is 0 Å². The Kier molecular flexibility index (Phi) is 2.73. The number of ether oxygens (including phenoxy) is 1. The lowest BCUT2D eigenvalue weighted by Gasteiger charge is -2.11. The van der Waals surface area contributed by atoms with Gasteiger partial charge in [-0.1, -0.05) is 30.3 Å². The van der Waals surface area contributed by atoms with Gasteiger partial charge in [0.25, 0.3) is 0 Å². The molecule has 1 aromatic carbocycles. The molecule has 3 nitrogen and oxygen atoms in total. The van der Waals surface area contributed by atoms with Crippen LogP contribution in [0.15, 0.2) is 30.3 Å². The minimum atomic E-state index is -0.352. The first-order chi connectivity index (χ1) is 7.27. The molecule has 1 fully saturated rings. The molecule has 0 bridgehead atoms. The van der Waals surface area contributed by atoms with E-state index in [-0.39, 0.29) is 11.4 Å². The zero-order valence-electron chi connectivity index (χ0n) is 8.61. The zero-order chi connectivity index (χ0) is 10.7. The van der Waals surface area contributed by atoms with Crippen LogP contribution >= 0.6 is 0 Å². The molecule has 3 heteroatoms. The van der Waals surface area contributed by atoms with Gasteiger partial charge in [-0.3, -0.25) is 4.79 Å². The molecule has 1 aliphatic carbocycles. The van der Waals surface area contributed by atoms with Gasteiger partial charge in [0.05, 0.1) is 5.41 Å². The second-order valence-corrected chi connectivity index (χ2v) is 4.05. The fourth-order valence-electron chi connectivity index (χ4n) is 1.52. The molecule has 80 valence electrons. The van der Waals surface area contributed by atoms with Gasteiger partial charge in [-0.15, -0.1) is 0 Å². The van der Waals surface area contributed by atoms with E-state index in [1.54, 1.807) is 0 Å². The molecule has 2 rings (SSSR count). The van der Waals surface area contributed by atoms with Crippen LogP contribution in [0.5, 0.6) is 0 Å². The Morgan fingerprint density at radius 3 is 2.53 bits per heavy atom. The van der Waals surface area contributed by atoms with Crippen molar-refractivity contribution in [1.82, 2.24) is 0 Å². The molecule has 0 saturated heterocycles. The number of hydrogen-bond acceptors (Lipinski definition) is 3. The molecular formula is C12H15NO2. The van der Waals surface area contributed by atoms with Crippen molar-refractivity contribution in [2.45, 2.75) is 19.4 Å². The highest BCUT2D eigenvalue weighted by molar-refractivity contribution is 5.80. The summed E-state index contributed by atoms with van der Waals surface area (Å²) < 4.78 is 5.23. The maximum absolute atomic E-state index is 11.6. The van der Waals surface area contributed by atoms with Gasteiger partial charge in [-0.2, -0.15) is 0 Å². The quantitative estimate of drug-likeness (QED) is 0.757. The van der Waals surface area contributed by atoms with Crippen LogP contribution in [-0.2, 0) is 16.1 Å². The predicted octanol–water partition coefficient (Wildman–Crippen LogP) is 1.47. The van der Waals surface area contributed by atoms with E-state index < -0.39 is 0 Å². The third-order valence-corrected chi connectivity index (χ3v) is 2.89. The van der Waals surface area contributed by atoms with Crippen molar-refractivity contribution >= 4 is 5.97 Å². The van der Waals surface area contributed by atoms with Gasteiger partial charge in [-0.05, 0) is 18.4 Å². The van der Waals surface area contributed by atoms with Gasteiger partial charge in [0.2, 0.25) is 0 Å². The molecule has 1 aromatic rings. The van der Waals surface area contributed by atoms with Crippen molar-refractivity contribution in [3.05, 3.63) is 35.9 Å². The van der Waals surface area contributed by atoms with E-state index in [1.807, 2.05) is 30.3 Å². The number of benzene rings is 1. The summed E-state index contributed by atoms with van der Waals surface area (Å²) in [6, 6.07) is 9.68. The van der Waals surface area contributed by atoms with Crippen molar-refractivity contribution in [1.29, 1.82) is 0 Å². The van der Waals surface area contributed by atoms with E-state index in [9.17, 15) is 4.79 Å². The van der Waals surface area contributed by atoms with E-state index in [4.69, 9.17) is 10.5 Å². The SMILES string of the molecule is NCC1(C(=O)OCc2ccccc2)CC1. The largest absolute Gasteiger partial charge is 0.460 e. The summed E-state index contributed by atoms with van der Waals surface area (Å²) >= 11 is 0. The normalized spacial score (nSPS) is 17.1. The number of carbonyl (C=O) groups is 1. The molecule has 15 heavy (non-hydrogen) atoms. The summed E-state index contributed by atoms with van der Waals surface area (Å²) in [6.45, 7) is 0.752. The van der Waals surface area contributed by atoms with Crippen molar-refractivity contribution in [3.63, 3.8) is 0 Å². The third-order valence-electron chi connectivity index (χ3n) is 2.89. The summed E-state index contributed by atoms with van der Waals surface area (Å²) in [5.41, 5.74) is 6.20. The van der Waals surface area contributed by atoms with Crippen LogP contribution < -0.4 is 5.73 Å². The van der Waals surface area contributed by atoms with Crippen LogP contribution in [0, 0.1) is 5.41 Å². The van der Waals surface area contributed by atoms with E-state index in [0.717, 1.165) is 18.4 Å². The summed E-state index contributed by atoms with van der Waals surface area (Å²) in [5, 5.41) is 0. The summed E-state index contributed by atoms with van der Waals surface area (Å²) in [7, 11) is 0. The minimum absolute atomic E-state index is 0.145. The van der Waals surface area contributed by atoms with Crippen LogP contribution in [0.4, 0.5) is 0 Å². The summed E-state index contributed by atoms with van der Waals surface area (Å²) in [5.74, 6) is -0.145. The zero-order valence-corrected chi connectivity index (χ0v) is 8.61. The van der Waals surface area contributed by atoms with Gasteiger partial charge in [-0.25, -0.2) is 0 Å². The van der Waals surface area contributed by atoms with Gasteiger partial charge < -0.3 is 10.5 Å². The molecule has 1 aliphatic rings. The fraction of sp³-hybridized carbons (Fsp3) is 0.417. The molecule has 2 N–H and O–H groups in total. The minimum Gasteiger partial charge on any atom is -0.460 e. The number of nitrogens with two attached hydrogens (primary N) is 1. The molecule has 1 saturated carbocycles. The molecular weight excluding hydrogens is 190 g/mol. The Morgan fingerprint density at radius 2 is 2.00 bits per heavy atom. The highest BCUT2D eigenvalue weighted by atomic mass is 16.5. The van der Waals surface area contributed by atoms with Crippen LogP contribution in [0.1, 0.15) is 18.4 Å². The van der Waals surface area contributed by atoms with Crippen molar-refractivity contribution in [2.24, 2.45) is 11.1 Å². The molecule has 0 radical (unpaired) electrons. The number of esters is 1. The second kappa shape index (κ2) is 4.03. The molecule has 0 spiro atoms. The van der Waals surface area contributed by atoms with Crippen LogP contribution in [0.3, 0.4) is 0 Å². The molecule has 0 atom stereocenters. The Labute approximate surface area is 89.2 Å². The Hall–Kier alpha value is -1.35. The Balaban J connectivity index is 1.86. The predicted molar refractivity (Wildman–Crippen MR) is 57.0 cm³/mol. The summed E-state index contributed by atoms with van der Waals surface area (Å²) in [4.78, 5) is 11.6.